The van der Waals surface area contributed by atoms with Crippen molar-refractivity contribution in [2.24, 2.45) is 0 Å². The zero-order valence-corrected chi connectivity index (χ0v) is 17.0. The van der Waals surface area contributed by atoms with Gasteiger partial charge >= 0.3 is 0 Å². The van der Waals surface area contributed by atoms with Crippen molar-refractivity contribution in [1.82, 2.24) is 24.9 Å². The van der Waals surface area contributed by atoms with E-state index in [1.54, 1.807) is 13.8 Å². The number of anilines is 1. The first-order valence-electron chi connectivity index (χ1n) is 9.47. The van der Waals surface area contributed by atoms with Crippen LogP contribution in [0.1, 0.15) is 30.8 Å². The number of methoxy groups -OCH3 is 1. The summed E-state index contributed by atoms with van der Waals surface area (Å²) in [5.41, 5.74) is 7.92. The van der Waals surface area contributed by atoms with Crippen molar-refractivity contribution in [2.45, 2.75) is 32.5 Å². The van der Waals surface area contributed by atoms with E-state index in [1.165, 1.54) is 23.8 Å². The van der Waals surface area contributed by atoms with Gasteiger partial charge < -0.3 is 20.9 Å². The first kappa shape index (κ1) is 20.0. The van der Waals surface area contributed by atoms with E-state index < -0.39 is 11.4 Å². The van der Waals surface area contributed by atoms with E-state index in [4.69, 9.17) is 10.5 Å². The van der Waals surface area contributed by atoms with Gasteiger partial charge in [0.2, 0.25) is 5.95 Å². The summed E-state index contributed by atoms with van der Waals surface area (Å²) in [5, 5.41) is 18.2. The van der Waals surface area contributed by atoms with Gasteiger partial charge in [-0.05, 0) is 31.0 Å². The van der Waals surface area contributed by atoms with Gasteiger partial charge in [0.05, 0.1) is 24.6 Å². The normalized spacial score (nSPS) is 12.0. The van der Waals surface area contributed by atoms with Gasteiger partial charge in [0.15, 0.2) is 11.5 Å². The highest BCUT2D eigenvalue weighted by molar-refractivity contribution is 5.95. The number of nitrogens with two attached hydrogens (primary N) is 1. The van der Waals surface area contributed by atoms with Crippen molar-refractivity contribution in [2.75, 3.05) is 12.8 Å². The van der Waals surface area contributed by atoms with Crippen LogP contribution in [0.5, 0.6) is 5.75 Å². The maximum Gasteiger partial charge on any atom is 0.223 e. The average molecular weight is 410 g/mol. The topological polar surface area (TPSA) is 111 Å². The van der Waals surface area contributed by atoms with Gasteiger partial charge in [0.25, 0.3) is 0 Å². The monoisotopic (exact) mass is 410 g/mol. The van der Waals surface area contributed by atoms with E-state index in [0.29, 0.717) is 35.5 Å². The summed E-state index contributed by atoms with van der Waals surface area (Å²) < 4.78 is 20.6. The molecule has 0 saturated heterocycles. The number of nitrogens with zero attached hydrogens (tertiary/aromatic N) is 4. The lowest BCUT2D eigenvalue weighted by atomic mass is 9.97. The van der Waals surface area contributed by atoms with Crippen LogP contribution in [0.2, 0.25) is 0 Å². The van der Waals surface area contributed by atoms with Gasteiger partial charge in [-0.25, -0.2) is 14.4 Å². The third-order valence-corrected chi connectivity index (χ3v) is 4.87. The molecule has 8 nitrogen and oxygen atoms in total. The summed E-state index contributed by atoms with van der Waals surface area (Å²) in [6.45, 7) is 4.49. The first-order valence-corrected chi connectivity index (χ1v) is 9.47. The van der Waals surface area contributed by atoms with Crippen molar-refractivity contribution < 1.29 is 14.2 Å². The molecule has 0 radical (unpaired) electrons. The van der Waals surface area contributed by atoms with Crippen molar-refractivity contribution in [3.05, 3.63) is 59.2 Å². The van der Waals surface area contributed by atoms with Gasteiger partial charge in [-0.15, -0.1) is 5.10 Å². The Balaban J connectivity index is 1.56. The number of ether oxygens (including phenoxy) is 1. The maximum atomic E-state index is 14.0. The molecule has 0 amide bonds. The molecule has 9 heteroatoms. The highest BCUT2D eigenvalue weighted by atomic mass is 19.1. The SMILES string of the molecule is COc1cc(F)cc2c1nc(N)n1nc(CNCc3ccc(C(C)(C)O)cc3)nc21. The molecule has 0 saturated carbocycles. The van der Waals surface area contributed by atoms with E-state index in [9.17, 15) is 9.50 Å². The first-order chi connectivity index (χ1) is 14.3. The Bertz CT molecular complexity index is 1210. The van der Waals surface area contributed by atoms with E-state index in [1.807, 2.05) is 24.3 Å². The molecular weight excluding hydrogens is 387 g/mol. The average Bonchev–Trinajstić information content (AvgIpc) is 3.13. The molecule has 0 aliphatic carbocycles. The van der Waals surface area contributed by atoms with Crippen LogP contribution in [0, 0.1) is 5.82 Å². The fourth-order valence-corrected chi connectivity index (χ4v) is 3.29. The summed E-state index contributed by atoms with van der Waals surface area (Å²) in [7, 11) is 1.45. The van der Waals surface area contributed by atoms with Crippen LogP contribution in [0.3, 0.4) is 0 Å². The molecular formula is C21H23FN6O2. The molecule has 0 bridgehead atoms. The lowest BCUT2D eigenvalue weighted by molar-refractivity contribution is 0.0786. The van der Waals surface area contributed by atoms with Crippen molar-refractivity contribution in [1.29, 1.82) is 0 Å². The lowest BCUT2D eigenvalue weighted by Gasteiger charge is -2.17. The largest absolute Gasteiger partial charge is 0.494 e. The fourth-order valence-electron chi connectivity index (χ4n) is 3.29. The van der Waals surface area contributed by atoms with E-state index in [0.717, 1.165) is 11.1 Å². The number of rotatable bonds is 6. The predicted octanol–water partition coefficient (Wildman–Crippen LogP) is 2.52. The molecule has 0 fully saturated rings. The molecule has 30 heavy (non-hydrogen) atoms. The van der Waals surface area contributed by atoms with Crippen LogP contribution in [0.25, 0.3) is 16.6 Å². The second kappa shape index (κ2) is 7.51. The number of halogens is 1. The van der Waals surface area contributed by atoms with Crippen molar-refractivity contribution >= 4 is 22.5 Å². The molecule has 0 aliphatic rings. The second-order valence-corrected chi connectivity index (χ2v) is 7.60. The Kier molecular flexibility index (Phi) is 5.00. The third kappa shape index (κ3) is 3.77. The van der Waals surface area contributed by atoms with Crippen molar-refractivity contribution in [3.8, 4) is 5.75 Å². The van der Waals surface area contributed by atoms with Crippen molar-refractivity contribution in [3.63, 3.8) is 0 Å². The summed E-state index contributed by atoms with van der Waals surface area (Å²) in [6, 6.07) is 10.3. The minimum Gasteiger partial charge on any atom is -0.494 e. The number of benzene rings is 2. The van der Waals surface area contributed by atoms with Crippen LogP contribution < -0.4 is 15.8 Å². The number of fused-ring (bicyclic) bond motifs is 3. The lowest BCUT2D eigenvalue weighted by Crippen LogP contribution is -2.16. The zero-order valence-electron chi connectivity index (χ0n) is 17.0. The number of hydrogen-bond donors (Lipinski definition) is 3. The fraction of sp³-hybridized carbons (Fsp3) is 0.286. The van der Waals surface area contributed by atoms with E-state index >= 15 is 0 Å². The molecule has 0 atom stereocenters. The number of hydrogen-bond acceptors (Lipinski definition) is 7. The maximum absolute atomic E-state index is 14.0. The van der Waals surface area contributed by atoms with E-state index in [-0.39, 0.29) is 11.7 Å². The third-order valence-electron chi connectivity index (χ3n) is 4.87. The summed E-state index contributed by atoms with van der Waals surface area (Å²) in [6.07, 6.45) is 0. The summed E-state index contributed by atoms with van der Waals surface area (Å²) >= 11 is 0. The molecule has 4 aromatic rings. The second-order valence-electron chi connectivity index (χ2n) is 7.60. The molecule has 0 unspecified atom stereocenters. The van der Waals surface area contributed by atoms with Gasteiger partial charge in [0.1, 0.15) is 17.1 Å². The number of nitrogen functional groups attached to an aromatic ring is 1. The summed E-state index contributed by atoms with van der Waals surface area (Å²) in [4.78, 5) is 8.80. The van der Waals surface area contributed by atoms with E-state index in [2.05, 4.69) is 20.4 Å². The predicted molar refractivity (Wildman–Crippen MR) is 111 cm³/mol. The number of aliphatic hydroxyl groups is 1. The van der Waals surface area contributed by atoms with Gasteiger partial charge in [-0.2, -0.15) is 4.52 Å². The molecule has 2 aromatic heterocycles. The molecule has 0 aliphatic heterocycles. The summed E-state index contributed by atoms with van der Waals surface area (Å²) in [5.74, 6) is 0.483. The van der Waals surface area contributed by atoms with Gasteiger partial charge in [-0.3, -0.25) is 0 Å². The van der Waals surface area contributed by atoms with Crippen LogP contribution in [-0.4, -0.2) is 31.8 Å². The Morgan fingerprint density at radius 1 is 1.17 bits per heavy atom. The Morgan fingerprint density at radius 2 is 1.90 bits per heavy atom. The van der Waals surface area contributed by atoms with Gasteiger partial charge in [0, 0.05) is 12.6 Å². The minimum absolute atomic E-state index is 0.142. The standard InChI is InChI=1S/C21H23FN6O2/c1-21(2,29)13-6-4-12(5-7-13)10-24-11-17-25-19-15-8-14(22)9-16(30-3)18(15)26-20(23)28(19)27-17/h4-9,24,29H,10-11H2,1-3H3,(H2,23,26). The molecule has 2 heterocycles. The van der Waals surface area contributed by atoms with Crippen LogP contribution in [-0.2, 0) is 18.7 Å². The Morgan fingerprint density at radius 3 is 2.57 bits per heavy atom. The highest BCUT2D eigenvalue weighted by Crippen LogP contribution is 2.29. The molecule has 2 aromatic carbocycles. The molecule has 4 N–H and O–H groups in total. The number of aromatic nitrogens is 4. The minimum atomic E-state index is -0.870. The smallest absolute Gasteiger partial charge is 0.223 e. The molecule has 0 spiro atoms. The molecule has 156 valence electrons. The highest BCUT2D eigenvalue weighted by Gasteiger charge is 2.17. The zero-order chi connectivity index (χ0) is 21.5. The van der Waals surface area contributed by atoms with Crippen LogP contribution in [0.4, 0.5) is 10.3 Å². The molecule has 4 rings (SSSR count). The van der Waals surface area contributed by atoms with Crippen LogP contribution >= 0.6 is 0 Å². The van der Waals surface area contributed by atoms with Gasteiger partial charge in [-0.1, -0.05) is 24.3 Å². The Hall–Kier alpha value is -3.30. The quantitative estimate of drug-likeness (QED) is 0.448. The Labute approximate surface area is 172 Å². The number of nitrogens with one attached hydrogen (secondary N) is 1. The van der Waals surface area contributed by atoms with Crippen LogP contribution in [0.15, 0.2) is 36.4 Å².